The van der Waals surface area contributed by atoms with E-state index in [2.05, 4.69) is 5.32 Å². The van der Waals surface area contributed by atoms with Crippen LogP contribution in [0.3, 0.4) is 0 Å². The van der Waals surface area contributed by atoms with Gasteiger partial charge >= 0.3 is 5.69 Å². The first kappa shape index (κ1) is 18.7. The summed E-state index contributed by atoms with van der Waals surface area (Å²) in [7, 11) is -0.556. The molecule has 25 heavy (non-hydrogen) atoms. The zero-order chi connectivity index (χ0) is 18.9. The Morgan fingerprint density at radius 3 is 2.16 bits per heavy atom. The molecule has 2 aromatic rings. The highest BCUT2D eigenvalue weighted by Gasteiger charge is 2.17. The molecule has 0 aliphatic heterocycles. The van der Waals surface area contributed by atoms with Crippen LogP contribution < -0.4 is 16.6 Å². The predicted octanol–water partition coefficient (Wildman–Crippen LogP) is -0.0215. The maximum Gasteiger partial charge on any atom is 0.331 e. The van der Waals surface area contributed by atoms with Crippen molar-refractivity contribution in [3.63, 3.8) is 0 Å². The molecule has 1 amide bonds. The van der Waals surface area contributed by atoms with E-state index in [-0.39, 0.29) is 10.6 Å². The lowest BCUT2D eigenvalue weighted by molar-refractivity contribution is 0.0929. The van der Waals surface area contributed by atoms with Gasteiger partial charge in [0.05, 0.1) is 10.9 Å². The third kappa shape index (κ3) is 3.87. The predicted molar refractivity (Wildman–Crippen MR) is 92.4 cm³/mol. The van der Waals surface area contributed by atoms with Crippen LogP contribution in [-0.2, 0) is 23.9 Å². The number of benzene rings is 1. The van der Waals surface area contributed by atoms with E-state index in [1.807, 2.05) is 0 Å². The first-order valence-corrected chi connectivity index (χ1v) is 9.29. The first-order chi connectivity index (χ1) is 11.5. The average molecular weight is 365 g/mol. The van der Waals surface area contributed by atoms with Crippen LogP contribution in [0.25, 0.3) is 0 Å². The van der Waals surface area contributed by atoms with Gasteiger partial charge in [-0.25, -0.2) is 13.2 Å². The van der Waals surface area contributed by atoms with Crippen LogP contribution in [0.2, 0.25) is 0 Å². The lowest BCUT2D eigenvalue weighted by Crippen LogP contribution is -2.41. The largest absolute Gasteiger partial charge is 0.344 e. The van der Waals surface area contributed by atoms with Crippen LogP contribution in [-0.4, -0.2) is 29.7 Å². The van der Waals surface area contributed by atoms with Crippen LogP contribution in [0.4, 0.5) is 0 Å². The fourth-order valence-corrected chi connectivity index (χ4v) is 2.94. The van der Waals surface area contributed by atoms with E-state index < -0.39 is 33.0 Å². The van der Waals surface area contributed by atoms with Crippen molar-refractivity contribution in [1.29, 1.82) is 0 Å². The first-order valence-electron chi connectivity index (χ1n) is 7.40. The van der Waals surface area contributed by atoms with Crippen molar-refractivity contribution >= 4 is 15.7 Å². The minimum atomic E-state index is -3.29. The Labute approximate surface area is 144 Å². The summed E-state index contributed by atoms with van der Waals surface area (Å²) < 4.78 is 24.9. The van der Waals surface area contributed by atoms with Gasteiger partial charge in [-0.15, -0.1) is 0 Å². The molecule has 0 aliphatic carbocycles. The number of carbonyl (C=O) groups is 1. The van der Waals surface area contributed by atoms with Crippen molar-refractivity contribution < 1.29 is 13.2 Å². The van der Waals surface area contributed by atoms with Gasteiger partial charge < -0.3 is 5.32 Å². The van der Waals surface area contributed by atoms with Crippen molar-refractivity contribution in [2.75, 3.05) is 6.26 Å². The molecule has 0 unspecified atom stereocenters. The topological polar surface area (TPSA) is 107 Å². The second-order valence-corrected chi connectivity index (χ2v) is 7.82. The van der Waals surface area contributed by atoms with E-state index >= 15 is 0 Å². The van der Waals surface area contributed by atoms with Crippen molar-refractivity contribution in [1.82, 2.24) is 14.5 Å². The van der Waals surface area contributed by atoms with Crippen LogP contribution in [0.15, 0.2) is 44.8 Å². The Hall–Kier alpha value is -2.68. The number of nitrogens with one attached hydrogen (secondary N) is 1. The van der Waals surface area contributed by atoms with Gasteiger partial charge in [0.15, 0.2) is 9.84 Å². The van der Waals surface area contributed by atoms with E-state index in [1.54, 1.807) is 19.1 Å². The molecule has 1 aromatic heterocycles. The summed E-state index contributed by atoms with van der Waals surface area (Å²) in [5, 5.41) is 2.69. The molecule has 0 spiro atoms. The number of aromatic nitrogens is 2. The van der Waals surface area contributed by atoms with Crippen molar-refractivity contribution in [2.45, 2.75) is 17.9 Å². The minimum Gasteiger partial charge on any atom is -0.344 e. The number of sulfone groups is 1. The Morgan fingerprint density at radius 1 is 1.08 bits per heavy atom. The molecule has 1 heterocycles. The molecule has 2 rings (SSSR count). The molecule has 134 valence electrons. The Balaban J connectivity index is 2.27. The van der Waals surface area contributed by atoms with Crippen LogP contribution in [0.1, 0.15) is 29.0 Å². The van der Waals surface area contributed by atoms with Crippen molar-refractivity contribution in [2.24, 2.45) is 14.1 Å². The fraction of sp³-hybridized carbons (Fsp3) is 0.312. The maximum absolute atomic E-state index is 12.4. The van der Waals surface area contributed by atoms with E-state index in [9.17, 15) is 22.8 Å². The molecule has 0 saturated carbocycles. The van der Waals surface area contributed by atoms with Gasteiger partial charge in [0.1, 0.15) is 5.69 Å². The summed E-state index contributed by atoms with van der Waals surface area (Å²) in [6, 6.07) is 6.77. The molecule has 1 aromatic carbocycles. The average Bonchev–Trinajstić information content (AvgIpc) is 2.55. The molecule has 0 radical (unpaired) electrons. The number of carbonyl (C=O) groups excluding carboxylic acids is 1. The van der Waals surface area contributed by atoms with Gasteiger partial charge in [0.25, 0.3) is 11.5 Å². The van der Waals surface area contributed by atoms with Gasteiger partial charge in [-0.05, 0) is 24.6 Å². The number of rotatable bonds is 4. The summed E-state index contributed by atoms with van der Waals surface area (Å²) in [5.74, 6) is -0.572. The molecule has 8 nitrogen and oxygen atoms in total. The Bertz CT molecular complexity index is 1030. The quantitative estimate of drug-likeness (QED) is 0.819. The van der Waals surface area contributed by atoms with Gasteiger partial charge in [-0.2, -0.15) is 0 Å². The zero-order valence-corrected chi connectivity index (χ0v) is 15.1. The van der Waals surface area contributed by atoms with Gasteiger partial charge in [-0.3, -0.25) is 18.7 Å². The highest BCUT2D eigenvalue weighted by atomic mass is 32.2. The monoisotopic (exact) mass is 365 g/mol. The summed E-state index contributed by atoms with van der Waals surface area (Å²) >= 11 is 0. The van der Waals surface area contributed by atoms with Crippen LogP contribution in [0.5, 0.6) is 0 Å². The lowest BCUT2D eigenvalue weighted by atomic mass is 10.1. The third-order valence-electron chi connectivity index (χ3n) is 3.91. The molecular formula is C16H19N3O5S. The second kappa shape index (κ2) is 6.67. The molecule has 0 bridgehead atoms. The molecule has 9 heteroatoms. The molecule has 1 atom stereocenters. The standard InChI is InChI=1S/C16H19N3O5S/c1-10(11-5-7-12(8-6-11)25(4,23)24)17-15(21)13-9-14(20)19(3)16(22)18(13)2/h5-10H,1-4H3,(H,17,21)/t10-/m1/s1. The van der Waals surface area contributed by atoms with Gasteiger partial charge in [-0.1, -0.05) is 12.1 Å². The van der Waals surface area contributed by atoms with Crippen LogP contribution >= 0.6 is 0 Å². The van der Waals surface area contributed by atoms with Crippen molar-refractivity contribution in [3.8, 4) is 0 Å². The van der Waals surface area contributed by atoms with E-state index in [4.69, 9.17) is 0 Å². The maximum atomic E-state index is 12.4. The summed E-state index contributed by atoms with van der Waals surface area (Å²) in [5.41, 5.74) is -0.525. The van der Waals surface area contributed by atoms with Gasteiger partial charge in [0, 0.05) is 26.4 Å². The molecule has 0 saturated heterocycles. The third-order valence-corrected chi connectivity index (χ3v) is 5.04. The summed E-state index contributed by atoms with van der Waals surface area (Å²) in [6.07, 6.45) is 1.11. The molecular weight excluding hydrogens is 346 g/mol. The smallest absolute Gasteiger partial charge is 0.331 e. The lowest BCUT2D eigenvalue weighted by Gasteiger charge is -2.16. The molecule has 1 N–H and O–H groups in total. The van der Waals surface area contributed by atoms with Gasteiger partial charge in [0.2, 0.25) is 0 Å². The number of hydrogen-bond acceptors (Lipinski definition) is 5. The Morgan fingerprint density at radius 2 is 1.64 bits per heavy atom. The highest BCUT2D eigenvalue weighted by Crippen LogP contribution is 2.16. The SMILES string of the molecule is C[C@@H](NC(=O)c1cc(=O)n(C)c(=O)n1C)c1ccc(S(C)(=O)=O)cc1. The van der Waals surface area contributed by atoms with Crippen molar-refractivity contribution in [3.05, 3.63) is 62.4 Å². The minimum absolute atomic E-state index is 0.0484. The zero-order valence-electron chi connectivity index (χ0n) is 14.3. The fourth-order valence-electron chi connectivity index (χ4n) is 2.31. The summed E-state index contributed by atoms with van der Waals surface area (Å²) in [4.78, 5) is 36.2. The number of amides is 1. The van der Waals surface area contributed by atoms with E-state index in [0.29, 0.717) is 5.56 Å². The number of hydrogen-bond donors (Lipinski definition) is 1. The number of nitrogens with zero attached hydrogens (tertiary/aromatic N) is 2. The summed E-state index contributed by atoms with van der Waals surface area (Å²) in [6.45, 7) is 1.71. The van der Waals surface area contributed by atoms with E-state index in [0.717, 1.165) is 21.5 Å². The highest BCUT2D eigenvalue weighted by molar-refractivity contribution is 7.90. The molecule has 0 fully saturated rings. The molecule has 0 aliphatic rings. The normalized spacial score (nSPS) is 12.6. The second-order valence-electron chi connectivity index (χ2n) is 5.80. The van der Waals surface area contributed by atoms with Crippen LogP contribution in [0, 0.1) is 0 Å². The Kier molecular flexibility index (Phi) is 4.98. The van der Waals surface area contributed by atoms with E-state index in [1.165, 1.54) is 26.2 Å².